The summed E-state index contributed by atoms with van der Waals surface area (Å²) in [6, 6.07) is 6.21. The number of carbonyl (C=O) groups excluding carboxylic acids is 1. The first-order valence-electron chi connectivity index (χ1n) is 10.4. The number of rotatable bonds is 7. The zero-order chi connectivity index (χ0) is 25.3. The number of nitrogens with one attached hydrogen (secondary N) is 1. The number of amides is 1. The lowest BCUT2D eigenvalue weighted by Crippen LogP contribution is -2.29. The number of halogens is 4. The first-order chi connectivity index (χ1) is 15.9. The highest BCUT2D eigenvalue weighted by Crippen LogP contribution is 2.50. The van der Waals surface area contributed by atoms with Crippen molar-refractivity contribution < 1.29 is 32.3 Å². The first-order valence-corrected chi connectivity index (χ1v) is 10.4. The second-order valence-electron chi connectivity index (χ2n) is 8.29. The van der Waals surface area contributed by atoms with Gasteiger partial charge in [0.25, 0.3) is 0 Å². The maximum atomic E-state index is 14.5. The molecular formula is C24H23F4N3O3. The zero-order valence-electron chi connectivity index (χ0n) is 18.4. The van der Waals surface area contributed by atoms with Crippen molar-refractivity contribution in [1.29, 1.82) is 0 Å². The minimum Gasteiger partial charge on any atom is -0.478 e. The molecule has 1 fully saturated rings. The number of nitrogens with two attached hydrogens (primary N) is 1. The molecule has 0 aromatic heterocycles. The molecule has 0 saturated heterocycles. The van der Waals surface area contributed by atoms with Gasteiger partial charge in [0.05, 0.1) is 16.5 Å². The number of aromatic carboxylic acids is 1. The van der Waals surface area contributed by atoms with E-state index in [1.54, 1.807) is 0 Å². The van der Waals surface area contributed by atoms with Gasteiger partial charge in [-0.15, -0.1) is 0 Å². The van der Waals surface area contributed by atoms with Crippen molar-refractivity contribution in [3.8, 4) is 0 Å². The SMILES string of the molecule is CC(C)N=CC(=CN)c1ccc(NC(=O)C2(c3ccc(C(F)(F)F)cc3F)CC2)cc1C(=O)O. The molecule has 2 aromatic carbocycles. The van der Waals surface area contributed by atoms with Crippen molar-refractivity contribution >= 4 is 29.4 Å². The summed E-state index contributed by atoms with van der Waals surface area (Å²) in [7, 11) is 0. The molecule has 0 heterocycles. The normalized spacial score (nSPS) is 15.6. The van der Waals surface area contributed by atoms with Gasteiger partial charge in [0.2, 0.25) is 5.91 Å². The maximum Gasteiger partial charge on any atom is 0.416 e. The van der Waals surface area contributed by atoms with Gasteiger partial charge in [-0.3, -0.25) is 9.79 Å². The number of hydrogen-bond donors (Lipinski definition) is 3. The predicted molar refractivity (Wildman–Crippen MR) is 120 cm³/mol. The number of hydrogen-bond acceptors (Lipinski definition) is 4. The minimum atomic E-state index is -4.70. The number of carboxylic acids is 1. The third kappa shape index (κ3) is 5.11. The van der Waals surface area contributed by atoms with Gasteiger partial charge in [-0.25, -0.2) is 9.18 Å². The molecule has 0 radical (unpaired) electrons. The van der Waals surface area contributed by atoms with Crippen LogP contribution in [0.4, 0.5) is 23.2 Å². The molecule has 1 amide bonds. The van der Waals surface area contributed by atoms with E-state index in [0.29, 0.717) is 11.6 Å². The lowest BCUT2D eigenvalue weighted by molar-refractivity contribution is -0.137. The van der Waals surface area contributed by atoms with E-state index in [9.17, 15) is 32.3 Å². The Labute approximate surface area is 193 Å². The Kier molecular flexibility index (Phi) is 6.81. The Morgan fingerprint density at radius 3 is 2.32 bits per heavy atom. The van der Waals surface area contributed by atoms with E-state index in [4.69, 9.17) is 5.73 Å². The van der Waals surface area contributed by atoms with E-state index in [-0.39, 0.29) is 41.3 Å². The number of aliphatic imine (C=N–C) groups is 1. The van der Waals surface area contributed by atoms with Crippen LogP contribution in [0.2, 0.25) is 0 Å². The van der Waals surface area contributed by atoms with Crippen LogP contribution in [0.3, 0.4) is 0 Å². The monoisotopic (exact) mass is 477 g/mol. The van der Waals surface area contributed by atoms with Gasteiger partial charge in [-0.05, 0) is 56.5 Å². The van der Waals surface area contributed by atoms with Crippen LogP contribution in [-0.2, 0) is 16.4 Å². The second-order valence-corrected chi connectivity index (χ2v) is 8.29. The van der Waals surface area contributed by atoms with Crippen molar-refractivity contribution in [3.63, 3.8) is 0 Å². The lowest BCUT2D eigenvalue weighted by Gasteiger charge is -2.18. The third-order valence-corrected chi connectivity index (χ3v) is 5.51. The molecule has 3 rings (SSSR count). The first kappa shape index (κ1) is 24.9. The molecule has 0 spiro atoms. The van der Waals surface area contributed by atoms with Crippen molar-refractivity contribution in [3.05, 3.63) is 70.7 Å². The van der Waals surface area contributed by atoms with E-state index in [1.165, 1.54) is 30.6 Å². The molecule has 180 valence electrons. The van der Waals surface area contributed by atoms with Crippen LogP contribution in [0, 0.1) is 5.82 Å². The fraction of sp³-hybridized carbons (Fsp3) is 0.292. The average Bonchev–Trinajstić information content (AvgIpc) is 3.55. The van der Waals surface area contributed by atoms with Gasteiger partial charge >= 0.3 is 12.1 Å². The highest BCUT2D eigenvalue weighted by Gasteiger charge is 2.53. The minimum absolute atomic E-state index is 0.0397. The quantitative estimate of drug-likeness (QED) is 0.386. The lowest BCUT2D eigenvalue weighted by atomic mass is 9.93. The summed E-state index contributed by atoms with van der Waals surface area (Å²) in [4.78, 5) is 29.0. The highest BCUT2D eigenvalue weighted by molar-refractivity contribution is 6.13. The Morgan fingerprint density at radius 1 is 1.15 bits per heavy atom. The maximum absolute atomic E-state index is 14.5. The summed E-state index contributed by atoms with van der Waals surface area (Å²) in [5.41, 5.74) is 3.70. The van der Waals surface area contributed by atoms with Crippen molar-refractivity contribution in [2.75, 3.05) is 5.32 Å². The number of benzene rings is 2. The fourth-order valence-electron chi connectivity index (χ4n) is 3.56. The number of anilines is 1. The highest BCUT2D eigenvalue weighted by atomic mass is 19.4. The van der Waals surface area contributed by atoms with Crippen LogP contribution in [0.1, 0.15) is 53.7 Å². The largest absolute Gasteiger partial charge is 0.478 e. The van der Waals surface area contributed by atoms with Crippen molar-refractivity contribution in [2.45, 2.75) is 44.3 Å². The Balaban J connectivity index is 1.89. The van der Waals surface area contributed by atoms with Crippen LogP contribution in [0.25, 0.3) is 5.57 Å². The van der Waals surface area contributed by atoms with E-state index in [1.807, 2.05) is 13.8 Å². The summed E-state index contributed by atoms with van der Waals surface area (Å²) >= 11 is 0. The molecule has 0 bridgehead atoms. The molecule has 1 aliphatic carbocycles. The topological polar surface area (TPSA) is 105 Å². The van der Waals surface area contributed by atoms with E-state index in [0.717, 1.165) is 12.1 Å². The van der Waals surface area contributed by atoms with Crippen molar-refractivity contribution in [2.24, 2.45) is 10.7 Å². The van der Waals surface area contributed by atoms with Gasteiger partial charge in [0.15, 0.2) is 0 Å². The van der Waals surface area contributed by atoms with Gasteiger partial charge < -0.3 is 16.2 Å². The predicted octanol–water partition coefficient (Wildman–Crippen LogP) is 4.99. The summed E-state index contributed by atoms with van der Waals surface area (Å²) < 4.78 is 53.1. The van der Waals surface area contributed by atoms with Gasteiger partial charge in [0.1, 0.15) is 5.82 Å². The average molecular weight is 477 g/mol. The van der Waals surface area contributed by atoms with Crippen LogP contribution >= 0.6 is 0 Å². The molecule has 1 aliphatic rings. The van der Waals surface area contributed by atoms with Crippen LogP contribution in [-0.4, -0.2) is 29.2 Å². The summed E-state index contributed by atoms with van der Waals surface area (Å²) in [6.07, 6.45) is -1.53. The molecule has 0 aliphatic heterocycles. The van der Waals surface area contributed by atoms with Crippen LogP contribution in [0.15, 0.2) is 47.6 Å². The van der Waals surface area contributed by atoms with Crippen LogP contribution < -0.4 is 11.1 Å². The number of carbonyl (C=O) groups is 2. The zero-order valence-corrected chi connectivity index (χ0v) is 18.4. The Bertz CT molecular complexity index is 1180. The van der Waals surface area contributed by atoms with Crippen molar-refractivity contribution in [1.82, 2.24) is 0 Å². The number of allylic oxidation sites excluding steroid dienone is 1. The molecule has 10 heteroatoms. The number of alkyl halides is 3. The summed E-state index contributed by atoms with van der Waals surface area (Å²) in [6.45, 7) is 3.68. The molecule has 34 heavy (non-hydrogen) atoms. The van der Waals surface area contributed by atoms with E-state index >= 15 is 0 Å². The smallest absolute Gasteiger partial charge is 0.416 e. The Morgan fingerprint density at radius 2 is 1.82 bits per heavy atom. The van der Waals surface area contributed by atoms with E-state index in [2.05, 4.69) is 10.3 Å². The summed E-state index contributed by atoms with van der Waals surface area (Å²) in [5.74, 6) is -3.02. The standard InChI is InChI=1S/C24H23F4N3O3/c1-13(2)30-12-14(11-29)17-5-4-16(10-18(17)21(32)33)31-22(34)23(7-8-23)19-6-3-15(9-20(19)25)24(26,27)28/h3-6,9-13H,7-8,29H2,1-2H3,(H,31,34)(H,32,33). The molecule has 0 unspecified atom stereocenters. The molecule has 1 saturated carbocycles. The second kappa shape index (κ2) is 9.28. The molecule has 6 nitrogen and oxygen atoms in total. The molecule has 2 aromatic rings. The molecular weight excluding hydrogens is 454 g/mol. The summed E-state index contributed by atoms with van der Waals surface area (Å²) in [5, 5.41) is 12.2. The Hall–Kier alpha value is -3.69. The number of nitrogens with zero attached hydrogens (tertiary/aromatic N) is 1. The van der Waals surface area contributed by atoms with Crippen LogP contribution in [0.5, 0.6) is 0 Å². The fourth-order valence-corrected chi connectivity index (χ4v) is 3.56. The third-order valence-electron chi connectivity index (χ3n) is 5.51. The van der Waals surface area contributed by atoms with E-state index < -0.39 is 34.8 Å². The van der Waals surface area contributed by atoms with Gasteiger partial charge in [-0.1, -0.05) is 12.1 Å². The van der Waals surface area contributed by atoms with Gasteiger partial charge in [-0.2, -0.15) is 13.2 Å². The number of carboxylic acid groups (broad SMARTS) is 1. The van der Waals surface area contributed by atoms with Gasteiger partial charge in [0, 0.05) is 35.3 Å². The molecule has 4 N–H and O–H groups in total. The molecule has 0 atom stereocenters.